The van der Waals surface area contributed by atoms with Gasteiger partial charge in [-0.3, -0.25) is 9.67 Å². The minimum Gasteiger partial charge on any atom is -0.507 e. The third kappa shape index (κ3) is 4.13. The Hall–Kier alpha value is -4.08. The molecular weight excluding hydrogens is 507 g/mol. The topological polar surface area (TPSA) is 105 Å². The predicted molar refractivity (Wildman–Crippen MR) is 148 cm³/mol. The Kier molecular flexibility index (Phi) is 5.97. The molecule has 0 saturated carbocycles. The van der Waals surface area contributed by atoms with E-state index in [4.69, 9.17) is 17.3 Å². The molecule has 0 unspecified atom stereocenters. The molecule has 8 nitrogen and oxygen atoms in total. The Morgan fingerprint density at radius 2 is 1.89 bits per heavy atom. The van der Waals surface area contributed by atoms with Crippen LogP contribution in [0.15, 0.2) is 65.8 Å². The minimum atomic E-state index is -0.501. The summed E-state index contributed by atoms with van der Waals surface area (Å²) in [7, 11) is 1.65. The molecule has 1 atom stereocenters. The van der Waals surface area contributed by atoms with Crippen LogP contribution in [0.2, 0.25) is 5.02 Å². The number of piperidine rings is 1. The normalized spacial score (nSPS) is 15.9. The van der Waals surface area contributed by atoms with Gasteiger partial charge in [-0.15, -0.1) is 0 Å². The highest BCUT2D eigenvalue weighted by Gasteiger charge is 2.22. The number of phenols is 1. The second-order valence-corrected chi connectivity index (χ2v) is 10.2. The Labute approximate surface area is 222 Å². The van der Waals surface area contributed by atoms with Crippen LogP contribution < -0.4 is 16.3 Å². The second kappa shape index (κ2) is 9.34. The first-order valence-corrected chi connectivity index (χ1v) is 12.7. The molecule has 0 aliphatic carbocycles. The summed E-state index contributed by atoms with van der Waals surface area (Å²) in [6, 6.07) is 11.5. The van der Waals surface area contributed by atoms with E-state index >= 15 is 4.39 Å². The van der Waals surface area contributed by atoms with Crippen molar-refractivity contribution in [3.05, 3.63) is 82.4 Å². The number of nitrogens with two attached hydrogens (primary N) is 1. The number of benzene rings is 3. The van der Waals surface area contributed by atoms with E-state index in [0.717, 1.165) is 36.0 Å². The van der Waals surface area contributed by atoms with Crippen molar-refractivity contribution in [2.24, 2.45) is 12.8 Å². The average molecular weight is 533 g/mol. The molecular formula is C28H26ClFN6O2. The predicted octanol–water partition coefficient (Wildman–Crippen LogP) is 4.81. The molecule has 1 aliphatic rings. The van der Waals surface area contributed by atoms with Crippen LogP contribution in [0.25, 0.3) is 38.8 Å². The van der Waals surface area contributed by atoms with Crippen molar-refractivity contribution in [1.29, 1.82) is 0 Å². The summed E-state index contributed by atoms with van der Waals surface area (Å²) in [5, 5.41) is 19.8. The molecule has 6 rings (SSSR count). The molecule has 5 aromatic rings. The number of fused-ring (bicyclic) bond motifs is 1. The van der Waals surface area contributed by atoms with E-state index in [9.17, 15) is 9.90 Å². The maximum atomic E-state index is 15.0. The van der Waals surface area contributed by atoms with Crippen LogP contribution in [-0.4, -0.2) is 43.6 Å². The molecule has 10 heteroatoms. The van der Waals surface area contributed by atoms with Crippen molar-refractivity contribution in [1.82, 2.24) is 19.3 Å². The number of rotatable bonds is 4. The van der Waals surface area contributed by atoms with Gasteiger partial charge in [0.1, 0.15) is 11.6 Å². The molecule has 0 amide bonds. The van der Waals surface area contributed by atoms with Gasteiger partial charge in [-0.1, -0.05) is 17.7 Å². The van der Waals surface area contributed by atoms with Gasteiger partial charge in [-0.2, -0.15) is 5.10 Å². The first-order chi connectivity index (χ1) is 18.3. The lowest BCUT2D eigenvalue weighted by Gasteiger charge is -2.33. The Balaban J connectivity index is 1.46. The zero-order valence-corrected chi connectivity index (χ0v) is 21.4. The number of nitrogens with zero attached hydrogens (tertiary/aromatic N) is 4. The SMILES string of the molecule is Cn1ccn(-c2ccc(-c3cc(F)cc(-c4cc(N5CCC[C@@H](N)C5)c5cn[nH]c5c4)c3O)cc2Cl)c1=O. The van der Waals surface area contributed by atoms with Gasteiger partial charge >= 0.3 is 5.69 Å². The molecule has 4 N–H and O–H groups in total. The van der Waals surface area contributed by atoms with Gasteiger partial charge in [0.25, 0.3) is 0 Å². The zero-order valence-electron chi connectivity index (χ0n) is 20.7. The lowest BCUT2D eigenvalue weighted by atomic mass is 9.95. The summed E-state index contributed by atoms with van der Waals surface area (Å²) in [6.45, 7) is 1.56. The number of aromatic nitrogens is 4. The van der Waals surface area contributed by atoms with E-state index in [2.05, 4.69) is 15.1 Å². The molecule has 0 bridgehead atoms. The Morgan fingerprint density at radius 3 is 2.61 bits per heavy atom. The van der Waals surface area contributed by atoms with Crippen molar-refractivity contribution in [3.8, 4) is 33.7 Å². The van der Waals surface area contributed by atoms with Crippen molar-refractivity contribution in [2.75, 3.05) is 18.0 Å². The van der Waals surface area contributed by atoms with Crippen molar-refractivity contribution < 1.29 is 9.50 Å². The van der Waals surface area contributed by atoms with Crippen molar-refractivity contribution >= 4 is 28.2 Å². The van der Waals surface area contributed by atoms with E-state index in [1.54, 1.807) is 43.8 Å². The molecule has 3 heterocycles. The average Bonchev–Trinajstić information content (AvgIpc) is 3.51. The van der Waals surface area contributed by atoms with Crippen molar-refractivity contribution in [3.63, 3.8) is 0 Å². The number of H-pyrrole nitrogens is 1. The van der Waals surface area contributed by atoms with Gasteiger partial charge < -0.3 is 20.3 Å². The maximum Gasteiger partial charge on any atom is 0.332 e. The Bertz CT molecular complexity index is 1740. The molecule has 0 radical (unpaired) electrons. The molecule has 38 heavy (non-hydrogen) atoms. The zero-order chi connectivity index (χ0) is 26.6. The summed E-state index contributed by atoms with van der Waals surface area (Å²) in [5.41, 5.74) is 10.0. The van der Waals surface area contributed by atoms with E-state index in [-0.39, 0.29) is 17.5 Å². The number of hydrogen-bond acceptors (Lipinski definition) is 5. The molecule has 1 fully saturated rings. The quantitative estimate of drug-likeness (QED) is 0.308. The van der Waals surface area contributed by atoms with Crippen LogP contribution in [0.4, 0.5) is 10.1 Å². The molecule has 0 spiro atoms. The largest absolute Gasteiger partial charge is 0.507 e. The van der Waals surface area contributed by atoms with Gasteiger partial charge in [0.05, 0.1) is 22.4 Å². The molecule has 1 aliphatic heterocycles. The third-order valence-corrected chi connectivity index (χ3v) is 7.49. The van der Waals surface area contributed by atoms with Crippen LogP contribution in [0.5, 0.6) is 5.75 Å². The number of aryl methyl sites for hydroxylation is 1. The second-order valence-electron chi connectivity index (χ2n) is 9.75. The number of hydrogen-bond donors (Lipinski definition) is 3. The van der Waals surface area contributed by atoms with Crippen LogP contribution in [-0.2, 0) is 7.05 Å². The van der Waals surface area contributed by atoms with Gasteiger partial charge in [-0.05, 0) is 60.4 Å². The highest BCUT2D eigenvalue weighted by atomic mass is 35.5. The molecule has 1 saturated heterocycles. The summed E-state index contributed by atoms with van der Waals surface area (Å²) >= 11 is 6.54. The summed E-state index contributed by atoms with van der Waals surface area (Å²) < 4.78 is 17.9. The first-order valence-electron chi connectivity index (χ1n) is 12.3. The highest BCUT2D eigenvalue weighted by Crippen LogP contribution is 2.42. The van der Waals surface area contributed by atoms with Crippen LogP contribution in [0, 0.1) is 5.82 Å². The number of nitrogens with one attached hydrogen (secondary N) is 1. The molecule has 3 aromatic carbocycles. The van der Waals surface area contributed by atoms with E-state index in [1.165, 1.54) is 21.3 Å². The van der Waals surface area contributed by atoms with Crippen LogP contribution >= 0.6 is 11.6 Å². The smallest absolute Gasteiger partial charge is 0.332 e. The van der Waals surface area contributed by atoms with Gasteiger partial charge in [-0.25, -0.2) is 9.18 Å². The number of aromatic amines is 1. The fourth-order valence-corrected chi connectivity index (χ4v) is 5.51. The van der Waals surface area contributed by atoms with Gasteiger partial charge in [0.15, 0.2) is 0 Å². The first kappa shape index (κ1) is 24.3. The number of halogens is 2. The van der Waals surface area contributed by atoms with E-state index < -0.39 is 5.82 Å². The van der Waals surface area contributed by atoms with Gasteiger partial charge in [0, 0.05) is 60.8 Å². The maximum absolute atomic E-state index is 15.0. The van der Waals surface area contributed by atoms with E-state index in [1.807, 2.05) is 12.1 Å². The van der Waals surface area contributed by atoms with Crippen LogP contribution in [0.1, 0.15) is 12.8 Å². The van der Waals surface area contributed by atoms with Crippen LogP contribution in [0.3, 0.4) is 0 Å². The fourth-order valence-electron chi connectivity index (χ4n) is 5.24. The third-order valence-electron chi connectivity index (χ3n) is 7.19. The summed E-state index contributed by atoms with van der Waals surface area (Å²) in [5.74, 6) is -0.578. The van der Waals surface area contributed by atoms with E-state index in [0.29, 0.717) is 39.5 Å². The number of aromatic hydroxyl groups is 1. The lowest BCUT2D eigenvalue weighted by Crippen LogP contribution is -2.42. The molecule has 194 valence electrons. The standard InChI is InChI=1S/C28H26ClFN6O2/c1-34-7-8-36(28(34)38)25-5-4-16(9-23(25)29)20-12-18(30)13-21(27(20)37)17-10-24-22(14-32-33-24)26(11-17)35-6-2-3-19(31)15-35/h4-5,7-14,19,37H,2-3,6,15,31H2,1H3,(H,32,33)/t19-/m1/s1. The number of imidazole rings is 1. The van der Waals surface area contributed by atoms with Gasteiger partial charge in [0.2, 0.25) is 0 Å². The van der Waals surface area contributed by atoms with Crippen molar-refractivity contribution in [2.45, 2.75) is 18.9 Å². The fraction of sp³-hybridized carbons (Fsp3) is 0.214. The summed E-state index contributed by atoms with van der Waals surface area (Å²) in [4.78, 5) is 14.6. The monoisotopic (exact) mass is 532 g/mol. The lowest BCUT2D eigenvalue weighted by molar-refractivity contribution is 0.477. The molecule has 2 aromatic heterocycles. The minimum absolute atomic E-state index is 0.0722. The summed E-state index contributed by atoms with van der Waals surface area (Å²) in [6.07, 6.45) is 6.98. The number of anilines is 1. The number of phenolic OH excluding ortho intramolecular Hbond substituents is 1. The Morgan fingerprint density at radius 1 is 1.11 bits per heavy atom. The highest BCUT2D eigenvalue weighted by molar-refractivity contribution is 6.32.